The highest BCUT2D eigenvalue weighted by molar-refractivity contribution is 8.00. The van der Waals surface area contributed by atoms with Crippen LogP contribution in [0.3, 0.4) is 0 Å². The largest absolute Gasteiger partial charge is 0.493 e. The van der Waals surface area contributed by atoms with Crippen LogP contribution >= 0.6 is 23.1 Å². The number of amides is 3. The van der Waals surface area contributed by atoms with Crippen LogP contribution < -0.4 is 19.2 Å². The van der Waals surface area contributed by atoms with E-state index in [1.807, 2.05) is 19.1 Å². The Hall–Kier alpha value is -3.61. The summed E-state index contributed by atoms with van der Waals surface area (Å²) in [6.07, 6.45) is 0. The Labute approximate surface area is 238 Å². The van der Waals surface area contributed by atoms with Crippen molar-refractivity contribution in [2.75, 3.05) is 44.9 Å². The van der Waals surface area contributed by atoms with Crippen molar-refractivity contribution in [2.24, 2.45) is 5.92 Å². The maximum atomic E-state index is 13.9. The first-order chi connectivity index (χ1) is 19.4. The first-order valence-electron chi connectivity index (χ1n) is 12.9. The molecule has 4 heterocycles. The SMILES string of the molecule is COc1cc([C@H]2c3sc(=O)[nH]c3SC3C(=O)N(c4ccc(C)cc4)C(=O)C32)ccc1OCC(=O)N1CCOCC1. The predicted molar refractivity (Wildman–Crippen MR) is 149 cm³/mol. The van der Waals surface area contributed by atoms with Gasteiger partial charge in [-0.1, -0.05) is 46.9 Å². The summed E-state index contributed by atoms with van der Waals surface area (Å²) in [6.45, 7) is 3.84. The number of H-pyrrole nitrogens is 1. The normalized spacial score (nSPS) is 22.2. The lowest BCUT2D eigenvalue weighted by molar-refractivity contribution is -0.137. The fourth-order valence-electron chi connectivity index (χ4n) is 5.36. The molecule has 3 atom stereocenters. The Bertz CT molecular complexity index is 1530. The quantitative estimate of drug-likeness (QED) is 0.442. The van der Waals surface area contributed by atoms with E-state index in [2.05, 4.69) is 4.98 Å². The number of carbonyl (C=O) groups excluding carboxylic acids is 3. The molecular weight excluding hydrogens is 554 g/mol. The number of aromatic nitrogens is 1. The molecule has 208 valence electrons. The van der Waals surface area contributed by atoms with Crippen molar-refractivity contribution in [3.63, 3.8) is 0 Å². The number of nitrogens with zero attached hydrogens (tertiary/aromatic N) is 2. The van der Waals surface area contributed by atoms with Gasteiger partial charge < -0.3 is 24.1 Å². The van der Waals surface area contributed by atoms with E-state index in [0.29, 0.717) is 59.0 Å². The molecule has 1 N–H and O–H groups in total. The number of imide groups is 1. The third-order valence-corrected chi connectivity index (χ3v) is 9.78. The summed E-state index contributed by atoms with van der Waals surface area (Å²) in [6, 6.07) is 12.5. The summed E-state index contributed by atoms with van der Waals surface area (Å²) in [5, 5.41) is -0.0897. The lowest BCUT2D eigenvalue weighted by Crippen LogP contribution is -2.43. The minimum Gasteiger partial charge on any atom is -0.493 e. The van der Waals surface area contributed by atoms with E-state index in [0.717, 1.165) is 16.9 Å². The fraction of sp³-hybridized carbons (Fsp3) is 0.357. The number of thiazole rings is 1. The van der Waals surface area contributed by atoms with Crippen LogP contribution in [0.15, 0.2) is 52.3 Å². The van der Waals surface area contributed by atoms with E-state index in [-0.39, 0.29) is 29.2 Å². The topological polar surface area (TPSA) is 118 Å². The van der Waals surface area contributed by atoms with E-state index in [1.165, 1.54) is 23.8 Å². The minimum atomic E-state index is -0.711. The minimum absolute atomic E-state index is 0.144. The zero-order valence-electron chi connectivity index (χ0n) is 21.9. The van der Waals surface area contributed by atoms with Gasteiger partial charge in [-0.15, -0.1) is 0 Å². The number of anilines is 1. The average molecular weight is 582 g/mol. The standard InChI is InChI=1S/C28H27N3O7S2/c1-15-3-6-17(7-4-15)31-26(33)22-21(23-25(29-28(35)40-23)39-24(22)27(31)34)16-5-8-18(19(13-16)36-2)38-14-20(32)30-9-11-37-12-10-30/h3-8,13,21-22,24H,9-12,14H2,1-2H3,(H,29,35)/t21-,22?,24?/m1/s1. The molecule has 0 spiro atoms. The fourth-order valence-corrected chi connectivity index (χ4v) is 7.88. The summed E-state index contributed by atoms with van der Waals surface area (Å²) >= 11 is 2.28. The van der Waals surface area contributed by atoms with Crippen molar-refractivity contribution in [2.45, 2.75) is 23.1 Å². The molecule has 3 aliphatic rings. The summed E-state index contributed by atoms with van der Waals surface area (Å²) in [5.74, 6) is -1.24. The van der Waals surface area contributed by atoms with Gasteiger partial charge in [0.2, 0.25) is 11.8 Å². The molecule has 3 aliphatic heterocycles. The third-order valence-electron chi connectivity index (χ3n) is 7.38. The van der Waals surface area contributed by atoms with Gasteiger partial charge in [-0.2, -0.15) is 0 Å². The van der Waals surface area contributed by atoms with Crippen LogP contribution in [0.25, 0.3) is 0 Å². The third kappa shape index (κ3) is 4.69. The number of benzene rings is 2. The molecule has 10 nitrogen and oxygen atoms in total. The first kappa shape index (κ1) is 26.6. The molecule has 3 amide bonds. The van der Waals surface area contributed by atoms with Gasteiger partial charge in [-0.3, -0.25) is 19.2 Å². The van der Waals surface area contributed by atoms with Gasteiger partial charge in [0, 0.05) is 23.9 Å². The molecule has 0 aliphatic carbocycles. The molecule has 2 unspecified atom stereocenters. The first-order valence-corrected chi connectivity index (χ1v) is 14.6. The molecule has 3 aromatic rings. The highest BCUT2D eigenvalue weighted by Gasteiger charge is 2.56. The van der Waals surface area contributed by atoms with Gasteiger partial charge in [0.1, 0.15) is 5.25 Å². The van der Waals surface area contributed by atoms with Crippen molar-refractivity contribution in [1.29, 1.82) is 0 Å². The van der Waals surface area contributed by atoms with E-state index >= 15 is 0 Å². The van der Waals surface area contributed by atoms with Crippen LogP contribution in [0, 0.1) is 12.8 Å². The number of thioether (sulfide) groups is 1. The number of methoxy groups -OCH3 is 1. The number of hydrogen-bond acceptors (Lipinski definition) is 9. The molecular formula is C28H27N3O7S2. The van der Waals surface area contributed by atoms with Gasteiger partial charge in [0.15, 0.2) is 18.1 Å². The second-order valence-electron chi connectivity index (χ2n) is 9.79. The van der Waals surface area contributed by atoms with Crippen molar-refractivity contribution in [3.05, 3.63) is 68.1 Å². The summed E-state index contributed by atoms with van der Waals surface area (Å²) in [7, 11) is 1.50. The molecule has 0 radical (unpaired) electrons. The van der Waals surface area contributed by atoms with Gasteiger partial charge in [0.05, 0.1) is 37.0 Å². The van der Waals surface area contributed by atoms with Crippen LogP contribution in [0.4, 0.5) is 5.69 Å². The lowest BCUT2D eigenvalue weighted by atomic mass is 9.83. The van der Waals surface area contributed by atoms with E-state index in [4.69, 9.17) is 14.2 Å². The summed E-state index contributed by atoms with van der Waals surface area (Å²) in [5.41, 5.74) is 2.26. The second-order valence-corrected chi connectivity index (χ2v) is 12.0. The Morgan fingerprint density at radius 3 is 2.52 bits per heavy atom. The van der Waals surface area contributed by atoms with Crippen LogP contribution in [-0.4, -0.2) is 72.9 Å². The summed E-state index contributed by atoms with van der Waals surface area (Å²) < 4.78 is 16.7. The number of nitrogens with one attached hydrogen (secondary N) is 1. The van der Waals surface area contributed by atoms with Gasteiger partial charge in [-0.25, -0.2) is 4.90 Å². The number of rotatable bonds is 6. The van der Waals surface area contributed by atoms with Gasteiger partial charge in [0.25, 0.3) is 5.91 Å². The van der Waals surface area contributed by atoms with Gasteiger partial charge in [-0.05, 0) is 36.8 Å². The Balaban J connectivity index is 1.32. The predicted octanol–water partition coefficient (Wildman–Crippen LogP) is 2.79. The van der Waals surface area contributed by atoms with Gasteiger partial charge >= 0.3 is 4.87 Å². The Morgan fingerprint density at radius 1 is 1.05 bits per heavy atom. The Kier molecular flexibility index (Phi) is 7.15. The number of hydrogen-bond donors (Lipinski definition) is 1. The maximum Gasteiger partial charge on any atom is 0.305 e. The molecule has 2 saturated heterocycles. The lowest BCUT2D eigenvalue weighted by Gasteiger charge is -2.30. The van der Waals surface area contributed by atoms with E-state index in [9.17, 15) is 19.2 Å². The second kappa shape index (κ2) is 10.8. The molecule has 2 aromatic carbocycles. The van der Waals surface area contributed by atoms with E-state index in [1.54, 1.807) is 35.2 Å². The average Bonchev–Trinajstić information content (AvgIpc) is 3.46. The van der Waals surface area contributed by atoms with Crippen molar-refractivity contribution in [1.82, 2.24) is 9.88 Å². The molecule has 40 heavy (non-hydrogen) atoms. The number of aromatic amines is 1. The molecule has 12 heteroatoms. The van der Waals surface area contributed by atoms with Crippen molar-refractivity contribution < 1.29 is 28.6 Å². The highest BCUT2D eigenvalue weighted by Crippen LogP contribution is 2.53. The molecule has 0 saturated carbocycles. The smallest absolute Gasteiger partial charge is 0.305 e. The van der Waals surface area contributed by atoms with Crippen LogP contribution in [0.5, 0.6) is 11.5 Å². The molecule has 1 aromatic heterocycles. The Morgan fingerprint density at radius 2 is 1.80 bits per heavy atom. The van der Waals surface area contributed by atoms with Crippen molar-refractivity contribution in [3.8, 4) is 11.5 Å². The summed E-state index contributed by atoms with van der Waals surface area (Å²) in [4.78, 5) is 58.7. The molecule has 2 fully saturated rings. The number of aryl methyl sites for hydroxylation is 1. The number of ether oxygens (including phenoxy) is 3. The number of fused-ring (bicyclic) bond motifs is 2. The van der Waals surface area contributed by atoms with Crippen LogP contribution in [-0.2, 0) is 19.1 Å². The zero-order valence-corrected chi connectivity index (χ0v) is 23.5. The highest BCUT2D eigenvalue weighted by atomic mass is 32.2. The number of morpholine rings is 1. The monoisotopic (exact) mass is 581 g/mol. The molecule has 6 rings (SSSR count). The van der Waals surface area contributed by atoms with Crippen LogP contribution in [0.1, 0.15) is 21.9 Å². The zero-order chi connectivity index (χ0) is 28.0. The van der Waals surface area contributed by atoms with Crippen LogP contribution in [0.2, 0.25) is 0 Å². The van der Waals surface area contributed by atoms with E-state index < -0.39 is 17.1 Å². The molecule has 0 bridgehead atoms. The number of carbonyl (C=O) groups is 3. The van der Waals surface area contributed by atoms with Crippen molar-refractivity contribution >= 4 is 46.5 Å². The maximum absolute atomic E-state index is 13.9.